The van der Waals surface area contributed by atoms with Gasteiger partial charge in [-0.05, 0) is 25.3 Å². The maximum absolute atomic E-state index is 10.1. The van der Waals surface area contributed by atoms with E-state index in [0.29, 0.717) is 5.95 Å². The van der Waals surface area contributed by atoms with Crippen LogP contribution in [-0.4, -0.2) is 33.8 Å². The number of rotatable bonds is 5. The van der Waals surface area contributed by atoms with Crippen molar-refractivity contribution in [2.75, 3.05) is 17.2 Å². The zero-order valence-electron chi connectivity index (χ0n) is 11.6. The van der Waals surface area contributed by atoms with Gasteiger partial charge in [-0.25, -0.2) is 4.98 Å². The second-order valence-electron chi connectivity index (χ2n) is 5.15. The fourth-order valence-electron chi connectivity index (χ4n) is 2.41. The van der Waals surface area contributed by atoms with Crippen molar-refractivity contribution in [3.05, 3.63) is 12.3 Å². The molecule has 1 aromatic rings. The first-order valence-corrected chi connectivity index (χ1v) is 7.31. The molecule has 3 N–H and O–H groups in total. The molecule has 0 spiro atoms. The summed E-state index contributed by atoms with van der Waals surface area (Å²) in [5.74, 6) is 1.44. The summed E-state index contributed by atoms with van der Waals surface area (Å²) >= 11 is 0. The van der Waals surface area contributed by atoms with Crippen molar-refractivity contribution >= 4 is 11.8 Å². The zero-order valence-corrected chi connectivity index (χ0v) is 11.6. The quantitative estimate of drug-likeness (QED) is 0.712. The van der Waals surface area contributed by atoms with Gasteiger partial charge in [0.05, 0.1) is 12.1 Å². The molecule has 106 valence electrons. The second kappa shape index (κ2) is 7.28. The standard InChI is InChI=1S/C14H24N4O/c1-2-9-15-14-16-10-8-13(18-14)17-11-6-4-3-5-7-12(11)19/h8,10-12,19H,2-7,9H2,1H3,(H2,15,16,17,18). The first-order chi connectivity index (χ1) is 9.29. The summed E-state index contributed by atoms with van der Waals surface area (Å²) < 4.78 is 0. The van der Waals surface area contributed by atoms with Crippen molar-refractivity contribution in [3.63, 3.8) is 0 Å². The van der Waals surface area contributed by atoms with Gasteiger partial charge in [0.1, 0.15) is 5.82 Å². The van der Waals surface area contributed by atoms with E-state index in [-0.39, 0.29) is 12.1 Å². The van der Waals surface area contributed by atoms with Crippen LogP contribution < -0.4 is 10.6 Å². The van der Waals surface area contributed by atoms with Gasteiger partial charge in [0.25, 0.3) is 0 Å². The predicted octanol–water partition coefficient (Wildman–Crippen LogP) is 2.40. The molecule has 2 unspecified atom stereocenters. The van der Waals surface area contributed by atoms with E-state index in [1.54, 1.807) is 6.20 Å². The van der Waals surface area contributed by atoms with Gasteiger partial charge in [-0.3, -0.25) is 0 Å². The average molecular weight is 264 g/mol. The maximum Gasteiger partial charge on any atom is 0.224 e. The monoisotopic (exact) mass is 264 g/mol. The van der Waals surface area contributed by atoms with Gasteiger partial charge in [-0.1, -0.05) is 26.2 Å². The number of anilines is 2. The Morgan fingerprint density at radius 2 is 2.16 bits per heavy atom. The number of hydrogen-bond donors (Lipinski definition) is 3. The van der Waals surface area contributed by atoms with Crippen LogP contribution in [0, 0.1) is 0 Å². The summed E-state index contributed by atoms with van der Waals surface area (Å²) in [6, 6.07) is 1.96. The van der Waals surface area contributed by atoms with Crippen molar-refractivity contribution in [1.82, 2.24) is 9.97 Å². The lowest BCUT2D eigenvalue weighted by molar-refractivity contribution is 0.144. The van der Waals surface area contributed by atoms with E-state index in [9.17, 15) is 5.11 Å². The van der Waals surface area contributed by atoms with Gasteiger partial charge in [0, 0.05) is 12.7 Å². The van der Waals surface area contributed by atoms with Crippen LogP contribution >= 0.6 is 0 Å². The molecule has 0 aromatic carbocycles. The molecule has 1 aliphatic rings. The Morgan fingerprint density at radius 1 is 1.32 bits per heavy atom. The normalized spacial score (nSPS) is 23.7. The highest BCUT2D eigenvalue weighted by Crippen LogP contribution is 2.21. The Bertz CT molecular complexity index is 385. The van der Waals surface area contributed by atoms with Crippen LogP contribution in [0.4, 0.5) is 11.8 Å². The van der Waals surface area contributed by atoms with Crippen molar-refractivity contribution < 1.29 is 5.11 Å². The molecule has 1 heterocycles. The molecule has 1 aromatic heterocycles. The molecule has 2 atom stereocenters. The summed E-state index contributed by atoms with van der Waals surface area (Å²) in [6.07, 6.45) is 7.89. The fraction of sp³-hybridized carbons (Fsp3) is 0.714. The predicted molar refractivity (Wildman–Crippen MR) is 77.3 cm³/mol. The van der Waals surface area contributed by atoms with Crippen molar-refractivity contribution in [2.24, 2.45) is 0 Å². The average Bonchev–Trinajstić information content (AvgIpc) is 2.62. The van der Waals surface area contributed by atoms with Crippen LogP contribution in [0.2, 0.25) is 0 Å². The number of aromatic nitrogens is 2. The van der Waals surface area contributed by atoms with Crippen LogP contribution in [0.5, 0.6) is 0 Å². The number of aliphatic hydroxyl groups is 1. The Labute approximate surface area is 114 Å². The number of nitrogens with zero attached hydrogens (tertiary/aromatic N) is 2. The fourth-order valence-corrected chi connectivity index (χ4v) is 2.41. The molecular formula is C14H24N4O. The SMILES string of the molecule is CCCNc1nccc(NC2CCCCCC2O)n1. The lowest BCUT2D eigenvalue weighted by Gasteiger charge is -2.22. The first-order valence-electron chi connectivity index (χ1n) is 7.31. The van der Waals surface area contributed by atoms with Gasteiger partial charge in [0.2, 0.25) is 5.95 Å². The van der Waals surface area contributed by atoms with E-state index in [4.69, 9.17) is 0 Å². The van der Waals surface area contributed by atoms with E-state index >= 15 is 0 Å². The highest BCUT2D eigenvalue weighted by Gasteiger charge is 2.21. The third-order valence-electron chi connectivity index (χ3n) is 3.50. The molecule has 5 heteroatoms. The number of hydrogen-bond acceptors (Lipinski definition) is 5. The Morgan fingerprint density at radius 3 is 3.00 bits per heavy atom. The second-order valence-corrected chi connectivity index (χ2v) is 5.15. The molecule has 1 fully saturated rings. The number of aliphatic hydroxyl groups excluding tert-OH is 1. The van der Waals surface area contributed by atoms with Crippen LogP contribution in [0.15, 0.2) is 12.3 Å². The van der Waals surface area contributed by atoms with Crippen LogP contribution in [-0.2, 0) is 0 Å². The van der Waals surface area contributed by atoms with Crippen LogP contribution in [0.25, 0.3) is 0 Å². The van der Waals surface area contributed by atoms with Gasteiger partial charge >= 0.3 is 0 Å². The molecule has 2 rings (SSSR count). The maximum atomic E-state index is 10.1. The highest BCUT2D eigenvalue weighted by atomic mass is 16.3. The third-order valence-corrected chi connectivity index (χ3v) is 3.50. The van der Waals surface area contributed by atoms with Crippen molar-refractivity contribution in [1.29, 1.82) is 0 Å². The van der Waals surface area contributed by atoms with E-state index in [1.807, 2.05) is 6.07 Å². The Hall–Kier alpha value is -1.36. The third kappa shape index (κ3) is 4.35. The lowest BCUT2D eigenvalue weighted by Crippen LogP contribution is -2.32. The minimum Gasteiger partial charge on any atom is -0.391 e. The summed E-state index contributed by atoms with van der Waals surface area (Å²) in [7, 11) is 0. The molecule has 0 amide bonds. The van der Waals surface area contributed by atoms with Gasteiger partial charge in [-0.2, -0.15) is 4.98 Å². The van der Waals surface area contributed by atoms with E-state index in [1.165, 1.54) is 12.8 Å². The zero-order chi connectivity index (χ0) is 13.5. The molecule has 0 radical (unpaired) electrons. The van der Waals surface area contributed by atoms with E-state index < -0.39 is 0 Å². The first kappa shape index (κ1) is 14.1. The summed E-state index contributed by atoms with van der Waals surface area (Å²) in [5.41, 5.74) is 0. The molecule has 19 heavy (non-hydrogen) atoms. The Balaban J connectivity index is 1.97. The van der Waals surface area contributed by atoms with E-state index in [2.05, 4.69) is 27.5 Å². The smallest absolute Gasteiger partial charge is 0.224 e. The van der Waals surface area contributed by atoms with Gasteiger partial charge in [-0.15, -0.1) is 0 Å². The molecule has 0 bridgehead atoms. The molecule has 0 aliphatic heterocycles. The van der Waals surface area contributed by atoms with E-state index in [0.717, 1.165) is 38.0 Å². The van der Waals surface area contributed by atoms with Crippen LogP contribution in [0.3, 0.4) is 0 Å². The molecule has 5 nitrogen and oxygen atoms in total. The van der Waals surface area contributed by atoms with Crippen LogP contribution in [0.1, 0.15) is 45.4 Å². The topological polar surface area (TPSA) is 70.1 Å². The summed E-state index contributed by atoms with van der Waals surface area (Å²) in [4.78, 5) is 8.61. The molecule has 1 saturated carbocycles. The minimum atomic E-state index is -0.274. The largest absolute Gasteiger partial charge is 0.391 e. The van der Waals surface area contributed by atoms with Crippen molar-refractivity contribution in [3.8, 4) is 0 Å². The summed E-state index contributed by atoms with van der Waals surface area (Å²) in [5, 5.41) is 16.6. The Kier molecular flexibility index (Phi) is 5.39. The number of nitrogens with one attached hydrogen (secondary N) is 2. The lowest BCUT2D eigenvalue weighted by atomic mass is 10.1. The molecule has 0 saturated heterocycles. The van der Waals surface area contributed by atoms with Crippen molar-refractivity contribution in [2.45, 2.75) is 57.6 Å². The summed E-state index contributed by atoms with van der Waals surface area (Å²) in [6.45, 7) is 2.98. The highest BCUT2D eigenvalue weighted by molar-refractivity contribution is 5.40. The molecule has 1 aliphatic carbocycles. The van der Waals surface area contributed by atoms with Gasteiger partial charge < -0.3 is 15.7 Å². The minimum absolute atomic E-state index is 0.108. The molecular weight excluding hydrogens is 240 g/mol. The van der Waals surface area contributed by atoms with Gasteiger partial charge in [0.15, 0.2) is 0 Å².